The fourth-order valence-corrected chi connectivity index (χ4v) is 2.79. The number of aromatic hydroxyl groups is 2. The molecule has 8 N–H and O–H groups in total. The zero-order valence-electron chi connectivity index (χ0n) is 13.9. The van der Waals surface area contributed by atoms with Crippen molar-refractivity contribution in [2.75, 3.05) is 11.5 Å². The molecular weight excluding hydrogens is 374 g/mol. The second-order valence-corrected chi connectivity index (χ2v) is 5.66. The van der Waals surface area contributed by atoms with Gasteiger partial charge in [-0.1, -0.05) is 12.1 Å². The van der Waals surface area contributed by atoms with Gasteiger partial charge in [0.1, 0.15) is 0 Å². The molecule has 0 radical (unpaired) electrons. The third-order valence-corrected chi connectivity index (χ3v) is 3.90. The molecule has 0 atom stereocenters. The molecule has 0 bridgehead atoms. The molecule has 0 amide bonds. The molecule has 0 fully saturated rings. The van der Waals surface area contributed by atoms with Crippen molar-refractivity contribution >= 4 is 17.6 Å². The van der Waals surface area contributed by atoms with Gasteiger partial charge >= 0.3 is 0 Å². The second kappa shape index (κ2) is 6.71. The van der Waals surface area contributed by atoms with Gasteiger partial charge in [-0.15, -0.1) is 0 Å². The molecule has 144 valence electrons. The first-order valence-electron chi connectivity index (χ1n) is 7.60. The SMILES string of the molecule is Nc1nc(O)c(C(c2cccc([N+](=O)[O-])c2)c2c(O)nc(N)[nH]c2=O)c(=O)[nH]1. The van der Waals surface area contributed by atoms with Crippen LogP contribution in [0.25, 0.3) is 0 Å². The molecule has 3 rings (SSSR count). The lowest BCUT2D eigenvalue weighted by Crippen LogP contribution is -2.26. The van der Waals surface area contributed by atoms with Gasteiger partial charge in [-0.2, -0.15) is 9.97 Å². The number of nitro groups is 1. The molecule has 2 aromatic heterocycles. The van der Waals surface area contributed by atoms with E-state index in [1.165, 1.54) is 18.2 Å². The predicted molar refractivity (Wildman–Crippen MR) is 95.9 cm³/mol. The van der Waals surface area contributed by atoms with E-state index in [0.29, 0.717) is 0 Å². The summed E-state index contributed by atoms with van der Waals surface area (Å²) < 4.78 is 0. The molecule has 0 aliphatic heterocycles. The second-order valence-electron chi connectivity index (χ2n) is 5.66. The number of non-ortho nitro benzene ring substituents is 1. The summed E-state index contributed by atoms with van der Waals surface area (Å²) in [7, 11) is 0. The Morgan fingerprint density at radius 1 is 1.00 bits per heavy atom. The Kier molecular flexibility index (Phi) is 4.40. The van der Waals surface area contributed by atoms with Crippen LogP contribution in [-0.2, 0) is 0 Å². The third kappa shape index (κ3) is 3.18. The van der Waals surface area contributed by atoms with Crippen molar-refractivity contribution in [1.29, 1.82) is 0 Å². The maximum Gasteiger partial charge on any atom is 0.269 e. The molecule has 28 heavy (non-hydrogen) atoms. The van der Waals surface area contributed by atoms with Crippen LogP contribution in [-0.4, -0.2) is 35.1 Å². The Labute approximate surface area is 154 Å². The smallest absolute Gasteiger partial charge is 0.269 e. The fraction of sp³-hybridized carbons (Fsp3) is 0.0667. The minimum Gasteiger partial charge on any atom is -0.493 e. The summed E-state index contributed by atoms with van der Waals surface area (Å²) in [6.45, 7) is 0. The first kappa shape index (κ1) is 18.4. The van der Waals surface area contributed by atoms with Crippen LogP contribution in [0.3, 0.4) is 0 Å². The van der Waals surface area contributed by atoms with Gasteiger partial charge < -0.3 is 21.7 Å². The average Bonchev–Trinajstić information content (AvgIpc) is 2.58. The van der Waals surface area contributed by atoms with E-state index >= 15 is 0 Å². The van der Waals surface area contributed by atoms with Gasteiger partial charge in [-0.05, 0) is 5.56 Å². The summed E-state index contributed by atoms with van der Waals surface area (Å²) in [5.41, 5.74) is 7.69. The topological polar surface area (TPSA) is 227 Å². The quantitative estimate of drug-likeness (QED) is 0.249. The molecule has 0 saturated carbocycles. The molecule has 0 spiro atoms. The summed E-state index contributed by atoms with van der Waals surface area (Å²) >= 11 is 0. The standard InChI is InChI=1S/C15H13N7O6/c16-14-18-10(23)8(11(24)19-14)7(5-2-1-3-6(4-5)22(27)28)9-12(25)20-15(17)21-13(9)26/h1-4,7H,(H4,16,18,19,23,24)(H4,17,20,21,25,26). The zero-order chi connectivity index (χ0) is 20.6. The number of hydrogen-bond acceptors (Lipinski definition) is 10. The molecule has 13 nitrogen and oxygen atoms in total. The number of hydrogen-bond donors (Lipinski definition) is 6. The normalized spacial score (nSPS) is 10.9. The predicted octanol–water partition coefficient (Wildman–Crippen LogP) is -0.483. The van der Waals surface area contributed by atoms with E-state index in [1.807, 2.05) is 0 Å². The number of nitrogens with two attached hydrogens (primary N) is 2. The van der Waals surface area contributed by atoms with Crippen molar-refractivity contribution in [3.63, 3.8) is 0 Å². The molecule has 1 aromatic carbocycles. The summed E-state index contributed by atoms with van der Waals surface area (Å²) in [5.74, 6) is -3.90. The monoisotopic (exact) mass is 387 g/mol. The number of nitro benzene ring substituents is 1. The van der Waals surface area contributed by atoms with Crippen molar-refractivity contribution in [3.05, 3.63) is 71.8 Å². The van der Waals surface area contributed by atoms with Crippen LogP contribution in [0.1, 0.15) is 22.6 Å². The molecular formula is C15H13N7O6. The molecule has 3 aromatic rings. The van der Waals surface area contributed by atoms with Crippen molar-refractivity contribution in [3.8, 4) is 11.8 Å². The van der Waals surface area contributed by atoms with E-state index in [9.17, 15) is 29.9 Å². The van der Waals surface area contributed by atoms with Gasteiger partial charge in [0.25, 0.3) is 16.8 Å². The van der Waals surface area contributed by atoms with E-state index in [4.69, 9.17) is 11.5 Å². The molecule has 0 saturated heterocycles. The fourth-order valence-electron chi connectivity index (χ4n) is 2.79. The first-order valence-corrected chi connectivity index (χ1v) is 7.60. The van der Waals surface area contributed by atoms with Gasteiger partial charge in [0.05, 0.1) is 22.0 Å². The zero-order valence-corrected chi connectivity index (χ0v) is 13.9. The van der Waals surface area contributed by atoms with Crippen LogP contribution in [0.5, 0.6) is 11.8 Å². The Hall–Kier alpha value is -4.42. The highest BCUT2D eigenvalue weighted by Crippen LogP contribution is 2.36. The summed E-state index contributed by atoms with van der Waals surface area (Å²) in [6, 6.07) is 4.95. The largest absolute Gasteiger partial charge is 0.493 e. The number of nitrogen functional groups attached to an aromatic ring is 2. The number of rotatable bonds is 4. The number of nitrogens with one attached hydrogen (secondary N) is 2. The lowest BCUT2D eigenvalue weighted by molar-refractivity contribution is -0.384. The number of H-pyrrole nitrogens is 2. The van der Waals surface area contributed by atoms with Crippen LogP contribution in [0.4, 0.5) is 17.6 Å². The van der Waals surface area contributed by atoms with E-state index < -0.39 is 56.7 Å². The Morgan fingerprint density at radius 2 is 1.50 bits per heavy atom. The molecule has 2 heterocycles. The Morgan fingerprint density at radius 3 is 1.93 bits per heavy atom. The van der Waals surface area contributed by atoms with Gasteiger partial charge in [0, 0.05) is 12.1 Å². The lowest BCUT2D eigenvalue weighted by atomic mass is 9.86. The van der Waals surface area contributed by atoms with Crippen LogP contribution in [0.2, 0.25) is 0 Å². The Bertz CT molecular complexity index is 1140. The molecule has 0 aliphatic carbocycles. The highest BCUT2D eigenvalue weighted by atomic mass is 16.6. The van der Waals surface area contributed by atoms with E-state index in [-0.39, 0.29) is 11.3 Å². The highest BCUT2D eigenvalue weighted by molar-refractivity contribution is 5.51. The number of anilines is 2. The van der Waals surface area contributed by atoms with Crippen LogP contribution in [0, 0.1) is 10.1 Å². The maximum atomic E-state index is 12.4. The minimum atomic E-state index is -1.46. The Balaban J connectivity index is 2.40. The summed E-state index contributed by atoms with van der Waals surface area (Å²) in [4.78, 5) is 46.8. The molecule has 13 heteroatoms. The van der Waals surface area contributed by atoms with Gasteiger partial charge in [0.15, 0.2) is 0 Å². The summed E-state index contributed by atoms with van der Waals surface area (Å²) in [5, 5.41) is 31.5. The van der Waals surface area contributed by atoms with Crippen molar-refractivity contribution in [2.24, 2.45) is 0 Å². The summed E-state index contributed by atoms with van der Waals surface area (Å²) in [6.07, 6.45) is 0. The van der Waals surface area contributed by atoms with Crippen LogP contribution in [0.15, 0.2) is 33.9 Å². The van der Waals surface area contributed by atoms with Gasteiger partial charge in [-0.25, -0.2) is 0 Å². The van der Waals surface area contributed by atoms with Crippen molar-refractivity contribution in [1.82, 2.24) is 19.9 Å². The van der Waals surface area contributed by atoms with E-state index in [2.05, 4.69) is 19.9 Å². The maximum absolute atomic E-state index is 12.4. The third-order valence-electron chi connectivity index (χ3n) is 3.90. The van der Waals surface area contributed by atoms with Crippen LogP contribution < -0.4 is 22.6 Å². The number of aromatic amines is 2. The first-order chi connectivity index (χ1) is 13.2. The van der Waals surface area contributed by atoms with Gasteiger partial charge in [0.2, 0.25) is 23.7 Å². The molecule has 0 aliphatic rings. The number of nitrogens with zero attached hydrogens (tertiary/aromatic N) is 3. The van der Waals surface area contributed by atoms with E-state index in [0.717, 1.165) is 6.07 Å². The number of aromatic nitrogens is 4. The van der Waals surface area contributed by atoms with Gasteiger partial charge in [-0.3, -0.25) is 29.7 Å². The number of benzene rings is 1. The minimum absolute atomic E-state index is 0.0361. The van der Waals surface area contributed by atoms with Crippen molar-refractivity contribution < 1.29 is 15.1 Å². The highest BCUT2D eigenvalue weighted by Gasteiger charge is 2.31. The lowest BCUT2D eigenvalue weighted by Gasteiger charge is -2.18. The van der Waals surface area contributed by atoms with E-state index in [1.54, 1.807) is 0 Å². The molecule has 0 unspecified atom stereocenters. The van der Waals surface area contributed by atoms with Crippen molar-refractivity contribution in [2.45, 2.75) is 5.92 Å². The van der Waals surface area contributed by atoms with Crippen LogP contribution >= 0.6 is 0 Å². The average molecular weight is 387 g/mol.